The van der Waals surface area contributed by atoms with E-state index in [1.807, 2.05) is 20.8 Å². The largest absolute Gasteiger partial charge is 0.299 e. The van der Waals surface area contributed by atoms with Crippen molar-refractivity contribution < 1.29 is 9.00 Å². The van der Waals surface area contributed by atoms with Crippen LogP contribution in [0.2, 0.25) is 0 Å². The normalized spacial score (nSPS) is 34.1. The molecule has 0 aromatic heterocycles. The molecular formula is C11H20O2S. The van der Waals surface area contributed by atoms with Gasteiger partial charge in [-0.2, -0.15) is 0 Å². The third kappa shape index (κ3) is 2.84. The first-order valence-corrected chi connectivity index (χ1v) is 7.16. The van der Waals surface area contributed by atoms with E-state index < -0.39 is 9.52 Å². The molecule has 0 saturated carbocycles. The summed E-state index contributed by atoms with van der Waals surface area (Å²) in [6.07, 6.45) is 1.52. The molecule has 0 spiro atoms. The fraction of sp³-hybridized carbons (Fsp3) is 0.818. The molecule has 0 radical (unpaired) electrons. The maximum atomic E-state index is 11.9. The van der Waals surface area contributed by atoms with E-state index in [9.17, 15) is 9.00 Å². The lowest BCUT2D eigenvalue weighted by atomic mass is 9.80. The molecule has 1 rings (SSSR count). The Balaban J connectivity index is 2.63. The minimum Gasteiger partial charge on any atom is -0.299 e. The summed E-state index contributed by atoms with van der Waals surface area (Å²) in [6, 6.07) is 0. The smallest absolute Gasteiger partial charge is 0.141 e. The first kappa shape index (κ1) is 11.8. The molecule has 1 saturated heterocycles. The fourth-order valence-corrected chi connectivity index (χ4v) is 3.47. The van der Waals surface area contributed by atoms with E-state index in [4.69, 9.17) is 0 Å². The number of Topliss-reactive ketones (excluding diaryl/α,β-unsaturated/α-hetero) is 1. The number of carbonyl (C=O) groups is 1. The summed E-state index contributed by atoms with van der Waals surface area (Å²) in [6.45, 7) is 5.85. The molecule has 14 heavy (non-hydrogen) atoms. The van der Waals surface area contributed by atoms with Gasteiger partial charge in [0.15, 0.2) is 0 Å². The number of ketones is 1. The van der Waals surface area contributed by atoms with Crippen molar-refractivity contribution in [1.82, 2.24) is 0 Å². The zero-order valence-corrected chi connectivity index (χ0v) is 10.2. The number of hydrogen-bond acceptors (Lipinski definition) is 2. The molecule has 0 amide bonds. The van der Waals surface area contributed by atoms with Crippen LogP contribution in [0.4, 0.5) is 0 Å². The van der Waals surface area contributed by atoms with Crippen molar-refractivity contribution in [1.29, 1.82) is 0 Å². The summed E-state index contributed by atoms with van der Waals surface area (Å²) in [5.41, 5.74) is -0.260. The highest BCUT2D eigenvalue weighted by atomic mass is 32.2. The van der Waals surface area contributed by atoms with Crippen LogP contribution in [0.3, 0.4) is 0 Å². The van der Waals surface area contributed by atoms with Gasteiger partial charge in [0.25, 0.3) is 0 Å². The Bertz CT molecular complexity index is 306. The van der Waals surface area contributed by atoms with E-state index in [2.05, 4.69) is 5.87 Å². The summed E-state index contributed by atoms with van der Waals surface area (Å²) in [7, 11) is -1.85. The zero-order valence-electron chi connectivity index (χ0n) is 9.34. The zero-order chi connectivity index (χ0) is 11.0. The lowest BCUT2D eigenvalue weighted by molar-refractivity contribution is -0.130. The van der Waals surface area contributed by atoms with Gasteiger partial charge in [0, 0.05) is 22.8 Å². The molecule has 82 valence electrons. The van der Waals surface area contributed by atoms with Crippen molar-refractivity contribution in [3.05, 3.63) is 0 Å². The van der Waals surface area contributed by atoms with Crippen LogP contribution in [0.15, 0.2) is 0 Å². The summed E-state index contributed by atoms with van der Waals surface area (Å²) in [4.78, 5) is 11.9. The monoisotopic (exact) mass is 216 g/mol. The molecule has 0 atom stereocenters. The third-order valence-corrected chi connectivity index (χ3v) is 4.75. The van der Waals surface area contributed by atoms with Crippen LogP contribution in [0, 0.1) is 11.3 Å². The van der Waals surface area contributed by atoms with E-state index in [0.717, 1.165) is 12.8 Å². The van der Waals surface area contributed by atoms with Crippen molar-refractivity contribution in [2.45, 2.75) is 33.6 Å². The average Bonchev–Trinajstić information content (AvgIpc) is 2.01. The SMILES string of the molecule is C=S1(=O)CCC(C(=O)C(C)(C)C)CC1. The van der Waals surface area contributed by atoms with Crippen LogP contribution >= 0.6 is 0 Å². The van der Waals surface area contributed by atoms with Gasteiger partial charge >= 0.3 is 0 Å². The molecule has 0 aromatic rings. The van der Waals surface area contributed by atoms with Crippen LogP contribution < -0.4 is 0 Å². The number of carbonyl (C=O) groups excluding carboxylic acids is 1. The summed E-state index contributed by atoms with van der Waals surface area (Å²) >= 11 is 0. The second-order valence-corrected chi connectivity index (χ2v) is 8.01. The quantitative estimate of drug-likeness (QED) is 0.626. The average molecular weight is 216 g/mol. The molecule has 1 fully saturated rings. The van der Waals surface area contributed by atoms with Crippen molar-refractivity contribution in [2.24, 2.45) is 11.3 Å². The molecule has 0 N–H and O–H groups in total. The van der Waals surface area contributed by atoms with Gasteiger partial charge in [-0.15, -0.1) is 0 Å². The predicted molar refractivity (Wildman–Crippen MR) is 62.2 cm³/mol. The van der Waals surface area contributed by atoms with Crippen molar-refractivity contribution in [3.8, 4) is 0 Å². The first-order chi connectivity index (χ1) is 6.22. The summed E-state index contributed by atoms with van der Waals surface area (Å²) in [5.74, 6) is 5.38. The van der Waals surface area contributed by atoms with Gasteiger partial charge in [-0.3, -0.25) is 9.00 Å². The van der Waals surface area contributed by atoms with Crippen LogP contribution in [0.5, 0.6) is 0 Å². The minimum atomic E-state index is -1.85. The van der Waals surface area contributed by atoms with E-state index in [-0.39, 0.29) is 11.3 Å². The van der Waals surface area contributed by atoms with Gasteiger partial charge in [-0.1, -0.05) is 20.8 Å². The van der Waals surface area contributed by atoms with Gasteiger partial charge in [-0.25, -0.2) is 0 Å². The standard InChI is InChI=1S/C11H20O2S/c1-11(2,3)10(12)9-5-7-14(4,13)8-6-9/h9H,4-8H2,1-3H3. The highest BCUT2D eigenvalue weighted by Crippen LogP contribution is 2.28. The van der Waals surface area contributed by atoms with Gasteiger partial charge < -0.3 is 0 Å². The molecule has 1 aliphatic rings. The van der Waals surface area contributed by atoms with Crippen LogP contribution in [0.1, 0.15) is 33.6 Å². The van der Waals surface area contributed by atoms with Crippen LogP contribution in [0.25, 0.3) is 0 Å². The number of rotatable bonds is 1. The van der Waals surface area contributed by atoms with Crippen molar-refractivity contribution >= 4 is 21.2 Å². The van der Waals surface area contributed by atoms with Crippen molar-refractivity contribution in [3.63, 3.8) is 0 Å². The molecule has 3 heteroatoms. The molecule has 0 bridgehead atoms. The van der Waals surface area contributed by atoms with E-state index in [1.54, 1.807) is 0 Å². The topological polar surface area (TPSA) is 34.1 Å². The third-order valence-electron chi connectivity index (χ3n) is 2.79. The molecule has 0 aliphatic carbocycles. The maximum absolute atomic E-state index is 11.9. The molecule has 1 heterocycles. The van der Waals surface area contributed by atoms with Crippen LogP contribution in [-0.2, 0) is 14.3 Å². The van der Waals surface area contributed by atoms with Gasteiger partial charge in [0.2, 0.25) is 0 Å². The maximum Gasteiger partial charge on any atom is 0.141 e. The summed E-state index contributed by atoms with van der Waals surface area (Å²) in [5, 5.41) is 0. The Morgan fingerprint density at radius 2 is 1.71 bits per heavy atom. The lowest BCUT2D eigenvalue weighted by Gasteiger charge is -2.28. The molecule has 0 aromatic carbocycles. The van der Waals surface area contributed by atoms with E-state index in [1.165, 1.54) is 0 Å². The Hall–Kier alpha value is -0.310. The molecule has 0 unspecified atom stereocenters. The molecular weight excluding hydrogens is 196 g/mol. The fourth-order valence-electron chi connectivity index (χ4n) is 1.84. The Morgan fingerprint density at radius 1 is 1.29 bits per heavy atom. The highest BCUT2D eigenvalue weighted by Gasteiger charge is 2.32. The van der Waals surface area contributed by atoms with Gasteiger partial charge in [-0.05, 0) is 28.2 Å². The Morgan fingerprint density at radius 3 is 2.07 bits per heavy atom. The minimum absolute atomic E-state index is 0.117. The summed E-state index contributed by atoms with van der Waals surface area (Å²) < 4.78 is 11.6. The van der Waals surface area contributed by atoms with Gasteiger partial charge in [0.1, 0.15) is 5.78 Å². The van der Waals surface area contributed by atoms with E-state index in [0.29, 0.717) is 17.3 Å². The second-order valence-electron chi connectivity index (χ2n) is 5.26. The van der Waals surface area contributed by atoms with Gasteiger partial charge in [0.05, 0.1) is 0 Å². The highest BCUT2D eigenvalue weighted by molar-refractivity contribution is 8.00. The van der Waals surface area contributed by atoms with Crippen molar-refractivity contribution in [2.75, 3.05) is 11.5 Å². The Kier molecular flexibility index (Phi) is 3.10. The Labute approximate surface area is 87.1 Å². The first-order valence-electron chi connectivity index (χ1n) is 5.09. The molecule has 1 aliphatic heterocycles. The van der Waals surface area contributed by atoms with E-state index >= 15 is 0 Å². The molecule has 2 nitrogen and oxygen atoms in total. The number of hydrogen-bond donors (Lipinski definition) is 0. The predicted octanol–water partition coefficient (Wildman–Crippen LogP) is 1.73. The lowest BCUT2D eigenvalue weighted by Crippen LogP contribution is -2.34. The second kappa shape index (κ2) is 3.69. The van der Waals surface area contributed by atoms with Crippen LogP contribution in [-0.4, -0.2) is 27.4 Å².